The highest BCUT2D eigenvalue weighted by molar-refractivity contribution is 7.15. The smallest absolute Gasteiger partial charge is 0.327 e. The minimum Gasteiger partial charge on any atom is -0.493 e. The van der Waals surface area contributed by atoms with Gasteiger partial charge in [0.2, 0.25) is 11.5 Å². The summed E-state index contributed by atoms with van der Waals surface area (Å²) in [6.45, 7) is 0. The van der Waals surface area contributed by atoms with Crippen molar-refractivity contribution in [3.63, 3.8) is 0 Å². The number of nitro groups is 1. The predicted octanol–water partition coefficient (Wildman–Crippen LogP) is 5.23. The third kappa shape index (κ3) is 4.72. The van der Waals surface area contributed by atoms with Gasteiger partial charge in [-0.05, 0) is 11.6 Å². The van der Waals surface area contributed by atoms with Gasteiger partial charge in [0.15, 0.2) is 10.9 Å². The molecule has 0 aliphatic heterocycles. The van der Waals surface area contributed by atoms with Gasteiger partial charge in [0.1, 0.15) is 5.56 Å². The Bertz CT molecular complexity index is 1180. The van der Waals surface area contributed by atoms with Crippen LogP contribution in [0, 0.1) is 10.1 Å². The summed E-state index contributed by atoms with van der Waals surface area (Å²) in [6.07, 6.45) is 2.04. The largest absolute Gasteiger partial charge is 0.493 e. The van der Waals surface area contributed by atoms with Crippen molar-refractivity contribution in [1.82, 2.24) is 4.98 Å². The quantitative estimate of drug-likeness (QED) is 0.334. The number of nitrogens with one attached hydrogen (secondary N) is 1. The molecule has 0 spiro atoms. The molecule has 1 aromatic heterocycles. The lowest BCUT2D eigenvalue weighted by atomic mass is 10.1. The molecule has 2 aromatic carbocycles. The van der Waals surface area contributed by atoms with Crippen LogP contribution in [0.5, 0.6) is 17.2 Å². The zero-order valence-corrected chi connectivity index (χ0v) is 19.4. The lowest BCUT2D eigenvalue weighted by Gasteiger charge is -2.14. The highest BCUT2D eigenvalue weighted by Crippen LogP contribution is 2.46. The Balaban J connectivity index is 1.91. The van der Waals surface area contributed by atoms with Gasteiger partial charge in [0, 0.05) is 23.6 Å². The Morgan fingerprint density at radius 1 is 1.19 bits per heavy atom. The number of aromatic nitrogens is 1. The van der Waals surface area contributed by atoms with E-state index in [0.29, 0.717) is 16.5 Å². The van der Waals surface area contributed by atoms with Crippen molar-refractivity contribution >= 4 is 51.3 Å². The summed E-state index contributed by atoms with van der Waals surface area (Å²) in [5.41, 5.74) is -0.00904. The highest BCUT2D eigenvalue weighted by Gasteiger charge is 2.32. The Hall–Kier alpha value is -3.08. The fourth-order valence-electron chi connectivity index (χ4n) is 2.98. The van der Waals surface area contributed by atoms with E-state index in [2.05, 4.69) is 10.3 Å². The minimum absolute atomic E-state index is 0.00758. The molecule has 0 saturated carbocycles. The highest BCUT2D eigenvalue weighted by atomic mass is 35.5. The van der Waals surface area contributed by atoms with Crippen molar-refractivity contribution in [3.8, 4) is 17.2 Å². The van der Waals surface area contributed by atoms with Crippen LogP contribution in [0.3, 0.4) is 0 Å². The molecule has 0 unspecified atom stereocenters. The van der Waals surface area contributed by atoms with E-state index in [1.165, 1.54) is 38.7 Å². The number of nitro benzene ring substituents is 1. The van der Waals surface area contributed by atoms with Crippen LogP contribution in [0.25, 0.3) is 0 Å². The minimum atomic E-state index is -0.752. The molecule has 1 heterocycles. The number of anilines is 1. The molecule has 12 heteroatoms. The van der Waals surface area contributed by atoms with E-state index in [1.54, 1.807) is 18.3 Å². The molecule has 0 aliphatic carbocycles. The number of ether oxygens (including phenoxy) is 3. The second kappa shape index (κ2) is 10.0. The van der Waals surface area contributed by atoms with E-state index < -0.39 is 16.5 Å². The number of benzene rings is 2. The molecule has 9 nitrogen and oxygen atoms in total. The fraction of sp³-hybridized carbons (Fsp3) is 0.200. The lowest BCUT2D eigenvalue weighted by Crippen LogP contribution is -2.15. The van der Waals surface area contributed by atoms with Crippen molar-refractivity contribution in [1.29, 1.82) is 0 Å². The van der Waals surface area contributed by atoms with Gasteiger partial charge in [-0.1, -0.05) is 35.3 Å². The summed E-state index contributed by atoms with van der Waals surface area (Å²) in [6, 6.07) is 6.54. The van der Waals surface area contributed by atoms with Crippen LogP contribution in [0.15, 0.2) is 30.5 Å². The zero-order valence-electron chi connectivity index (χ0n) is 17.1. The van der Waals surface area contributed by atoms with E-state index in [4.69, 9.17) is 37.4 Å². The van der Waals surface area contributed by atoms with Gasteiger partial charge in [0.05, 0.1) is 36.3 Å². The SMILES string of the molecule is COc1cc(C(=O)Nc2ncc(Cc3cccc(Cl)c3Cl)s2)c([N+](=O)[O-])c(OC)c1OC. The molecular formula is C20H17Cl2N3O6S. The molecule has 32 heavy (non-hydrogen) atoms. The van der Waals surface area contributed by atoms with Crippen LogP contribution >= 0.6 is 34.5 Å². The van der Waals surface area contributed by atoms with Crippen LogP contribution in [0.4, 0.5) is 10.8 Å². The average molecular weight is 498 g/mol. The van der Waals surface area contributed by atoms with Crippen LogP contribution in [0.2, 0.25) is 10.0 Å². The standard InChI is InChI=1S/C20H17Cl2N3O6S/c1-29-14-8-12(16(25(27)28)18(31-3)17(14)30-2)19(26)24-20-23-9-11(32-20)7-10-5-4-6-13(21)15(10)22/h4-6,8-9H,7H2,1-3H3,(H,23,24,26). The first-order valence-corrected chi connectivity index (χ1v) is 10.5. The lowest BCUT2D eigenvalue weighted by molar-refractivity contribution is -0.386. The van der Waals surface area contributed by atoms with E-state index in [-0.39, 0.29) is 27.9 Å². The number of hydrogen-bond acceptors (Lipinski definition) is 8. The van der Waals surface area contributed by atoms with Crippen molar-refractivity contribution in [2.45, 2.75) is 6.42 Å². The summed E-state index contributed by atoms with van der Waals surface area (Å²) in [4.78, 5) is 28.9. The summed E-state index contributed by atoms with van der Waals surface area (Å²) in [5, 5.41) is 15.4. The van der Waals surface area contributed by atoms with E-state index in [0.717, 1.165) is 10.4 Å². The first-order chi connectivity index (χ1) is 15.3. The second-order valence-corrected chi connectivity index (χ2v) is 8.17. The third-order valence-electron chi connectivity index (χ3n) is 4.40. The van der Waals surface area contributed by atoms with Gasteiger partial charge in [-0.25, -0.2) is 4.98 Å². The molecule has 0 aliphatic rings. The molecule has 168 valence electrons. The predicted molar refractivity (Wildman–Crippen MR) is 122 cm³/mol. The first-order valence-electron chi connectivity index (χ1n) is 8.97. The molecule has 0 atom stereocenters. The fourth-order valence-corrected chi connectivity index (χ4v) is 4.20. The van der Waals surface area contributed by atoms with Crippen molar-refractivity contribution in [3.05, 3.63) is 66.6 Å². The molecule has 0 radical (unpaired) electrons. The van der Waals surface area contributed by atoms with Gasteiger partial charge in [0.25, 0.3) is 5.91 Å². The number of amides is 1. The van der Waals surface area contributed by atoms with Gasteiger partial charge in [-0.3, -0.25) is 20.2 Å². The normalized spacial score (nSPS) is 10.5. The average Bonchev–Trinajstić information content (AvgIpc) is 3.21. The van der Waals surface area contributed by atoms with Crippen LogP contribution in [-0.2, 0) is 6.42 Å². The third-order valence-corrected chi connectivity index (χ3v) is 6.17. The number of hydrogen-bond donors (Lipinski definition) is 1. The number of rotatable bonds is 8. The maximum absolute atomic E-state index is 12.9. The number of thiazole rings is 1. The molecule has 0 fully saturated rings. The van der Waals surface area contributed by atoms with E-state index in [1.807, 2.05) is 6.07 Å². The number of methoxy groups -OCH3 is 3. The molecule has 3 aromatic rings. The number of carbonyl (C=O) groups is 1. The van der Waals surface area contributed by atoms with Gasteiger partial charge in [-0.15, -0.1) is 11.3 Å². The summed E-state index contributed by atoms with van der Waals surface area (Å²) >= 11 is 13.5. The van der Waals surface area contributed by atoms with Crippen LogP contribution < -0.4 is 19.5 Å². The Kier molecular flexibility index (Phi) is 7.39. The van der Waals surface area contributed by atoms with E-state index in [9.17, 15) is 14.9 Å². The molecule has 3 rings (SSSR count). The van der Waals surface area contributed by atoms with Crippen molar-refractivity contribution in [2.75, 3.05) is 26.6 Å². The van der Waals surface area contributed by atoms with Crippen LogP contribution in [-0.4, -0.2) is 37.1 Å². The Morgan fingerprint density at radius 3 is 2.53 bits per heavy atom. The number of carbonyl (C=O) groups excluding carboxylic acids is 1. The van der Waals surface area contributed by atoms with Crippen LogP contribution in [0.1, 0.15) is 20.8 Å². The summed E-state index contributed by atoms with van der Waals surface area (Å²) in [7, 11) is 3.89. The molecular weight excluding hydrogens is 481 g/mol. The molecule has 1 amide bonds. The summed E-state index contributed by atoms with van der Waals surface area (Å²) < 4.78 is 15.5. The van der Waals surface area contributed by atoms with Gasteiger partial charge < -0.3 is 14.2 Å². The van der Waals surface area contributed by atoms with Crippen molar-refractivity contribution in [2.24, 2.45) is 0 Å². The molecule has 1 N–H and O–H groups in total. The van der Waals surface area contributed by atoms with Crippen molar-refractivity contribution < 1.29 is 23.9 Å². The van der Waals surface area contributed by atoms with Gasteiger partial charge >= 0.3 is 5.69 Å². The molecule has 0 saturated heterocycles. The maximum Gasteiger partial charge on any atom is 0.327 e. The Labute approximate surface area is 197 Å². The molecule has 0 bridgehead atoms. The number of nitrogens with zero attached hydrogens (tertiary/aromatic N) is 2. The van der Waals surface area contributed by atoms with E-state index >= 15 is 0 Å². The number of halogens is 2. The maximum atomic E-state index is 12.9. The summed E-state index contributed by atoms with van der Waals surface area (Å²) in [5.74, 6) is -0.862. The zero-order chi connectivity index (χ0) is 23.4. The topological polar surface area (TPSA) is 113 Å². The monoisotopic (exact) mass is 497 g/mol. The Morgan fingerprint density at radius 2 is 1.91 bits per heavy atom. The second-order valence-electron chi connectivity index (χ2n) is 6.27. The van der Waals surface area contributed by atoms with Gasteiger partial charge in [-0.2, -0.15) is 0 Å². The first kappa shape index (κ1) is 23.6.